The van der Waals surface area contributed by atoms with Crippen molar-refractivity contribution in [2.75, 3.05) is 7.05 Å². The molecule has 3 rings (SSSR count). The fraction of sp³-hybridized carbons (Fsp3) is 0.176. The first-order chi connectivity index (χ1) is 10.1. The molecule has 0 amide bonds. The molecular formula is C17H16BrN3. The Morgan fingerprint density at radius 3 is 2.43 bits per heavy atom. The van der Waals surface area contributed by atoms with Crippen LogP contribution in [0, 0.1) is 0 Å². The molecule has 0 aromatic heterocycles. The average Bonchev–Trinajstić information content (AvgIpc) is 2.51. The number of nitrogens with zero attached hydrogens (tertiary/aromatic N) is 3. The minimum absolute atomic E-state index is 0.0617. The zero-order valence-corrected chi connectivity index (χ0v) is 13.6. The summed E-state index contributed by atoms with van der Waals surface area (Å²) in [6, 6.07) is 18.3. The molecule has 1 aliphatic rings. The molecule has 0 radical (unpaired) electrons. The molecule has 1 unspecified atom stereocenters. The Hall–Kier alpha value is -1.94. The summed E-state index contributed by atoms with van der Waals surface area (Å²) in [6.45, 7) is 2.08. The standard InChI is InChI=1S/C17H16BrN3/c1-12-19-16(14-9-6-10-15(18)11-14)20-17(21(12)2)13-7-4-3-5-8-13/h3-12H,1-2H3. The fourth-order valence-electron chi connectivity index (χ4n) is 2.27. The van der Waals surface area contributed by atoms with E-state index in [1.54, 1.807) is 0 Å². The first-order valence-electron chi connectivity index (χ1n) is 6.86. The Bertz CT molecular complexity index is 707. The van der Waals surface area contributed by atoms with Gasteiger partial charge in [0.15, 0.2) is 5.84 Å². The monoisotopic (exact) mass is 341 g/mol. The van der Waals surface area contributed by atoms with Crippen LogP contribution < -0.4 is 0 Å². The van der Waals surface area contributed by atoms with E-state index < -0.39 is 0 Å². The zero-order chi connectivity index (χ0) is 14.8. The van der Waals surface area contributed by atoms with Gasteiger partial charge in [-0.05, 0) is 19.1 Å². The molecule has 0 bridgehead atoms. The van der Waals surface area contributed by atoms with Gasteiger partial charge in [-0.25, -0.2) is 9.98 Å². The molecule has 1 heterocycles. The molecule has 4 heteroatoms. The molecule has 0 saturated carbocycles. The van der Waals surface area contributed by atoms with Crippen molar-refractivity contribution in [2.45, 2.75) is 13.1 Å². The maximum absolute atomic E-state index is 4.77. The summed E-state index contributed by atoms with van der Waals surface area (Å²) in [5, 5.41) is 0. The van der Waals surface area contributed by atoms with Crippen molar-refractivity contribution in [3.63, 3.8) is 0 Å². The molecule has 2 aromatic carbocycles. The van der Waals surface area contributed by atoms with Crippen LogP contribution in [0.25, 0.3) is 0 Å². The van der Waals surface area contributed by atoms with Crippen LogP contribution in [0.1, 0.15) is 18.1 Å². The van der Waals surface area contributed by atoms with Crippen LogP contribution in [0.3, 0.4) is 0 Å². The van der Waals surface area contributed by atoms with Crippen LogP contribution in [0.2, 0.25) is 0 Å². The van der Waals surface area contributed by atoms with E-state index in [2.05, 4.69) is 44.9 Å². The maximum Gasteiger partial charge on any atom is 0.159 e. The number of amidine groups is 2. The number of rotatable bonds is 2. The van der Waals surface area contributed by atoms with Crippen LogP contribution in [0.15, 0.2) is 69.1 Å². The van der Waals surface area contributed by atoms with Gasteiger partial charge in [0, 0.05) is 22.6 Å². The fourth-order valence-corrected chi connectivity index (χ4v) is 2.67. The number of hydrogen-bond donors (Lipinski definition) is 0. The molecule has 1 atom stereocenters. The Morgan fingerprint density at radius 2 is 1.71 bits per heavy atom. The summed E-state index contributed by atoms with van der Waals surface area (Å²) >= 11 is 3.50. The van der Waals surface area contributed by atoms with Crippen LogP contribution in [-0.4, -0.2) is 29.8 Å². The predicted octanol–water partition coefficient (Wildman–Crippen LogP) is 3.93. The summed E-state index contributed by atoms with van der Waals surface area (Å²) < 4.78 is 1.03. The highest BCUT2D eigenvalue weighted by Crippen LogP contribution is 2.19. The van der Waals surface area contributed by atoms with E-state index >= 15 is 0 Å². The first kappa shape index (κ1) is 14.0. The molecule has 0 N–H and O–H groups in total. The SMILES string of the molecule is CC1N=C(c2cccc(Br)c2)N=C(c2ccccc2)N1C. The van der Waals surface area contributed by atoms with Crippen molar-refractivity contribution in [3.8, 4) is 0 Å². The Balaban J connectivity index is 2.06. The molecule has 106 valence electrons. The number of halogens is 1. The van der Waals surface area contributed by atoms with Gasteiger partial charge >= 0.3 is 0 Å². The van der Waals surface area contributed by atoms with E-state index in [4.69, 9.17) is 4.99 Å². The maximum atomic E-state index is 4.77. The van der Waals surface area contributed by atoms with Crippen LogP contribution >= 0.6 is 15.9 Å². The molecule has 0 spiro atoms. The highest BCUT2D eigenvalue weighted by atomic mass is 79.9. The van der Waals surface area contributed by atoms with Gasteiger partial charge in [0.1, 0.15) is 12.0 Å². The summed E-state index contributed by atoms with van der Waals surface area (Å²) in [5.41, 5.74) is 2.13. The largest absolute Gasteiger partial charge is 0.337 e. The van der Waals surface area contributed by atoms with Crippen LogP contribution in [-0.2, 0) is 0 Å². The minimum Gasteiger partial charge on any atom is -0.337 e. The summed E-state index contributed by atoms with van der Waals surface area (Å²) in [6.07, 6.45) is 0.0617. The second kappa shape index (κ2) is 5.82. The van der Waals surface area contributed by atoms with Gasteiger partial charge in [0.2, 0.25) is 0 Å². The molecule has 2 aromatic rings. The predicted molar refractivity (Wildman–Crippen MR) is 90.9 cm³/mol. The lowest BCUT2D eigenvalue weighted by atomic mass is 10.1. The normalized spacial score (nSPS) is 18.2. The Morgan fingerprint density at radius 1 is 1.00 bits per heavy atom. The highest BCUT2D eigenvalue weighted by molar-refractivity contribution is 9.10. The van der Waals surface area contributed by atoms with Crippen molar-refractivity contribution in [2.24, 2.45) is 9.98 Å². The van der Waals surface area contributed by atoms with Crippen molar-refractivity contribution in [1.29, 1.82) is 0 Å². The summed E-state index contributed by atoms with van der Waals surface area (Å²) in [7, 11) is 2.03. The van der Waals surface area contributed by atoms with Gasteiger partial charge in [-0.3, -0.25) is 0 Å². The molecule has 3 nitrogen and oxygen atoms in total. The lowest BCUT2D eigenvalue weighted by Crippen LogP contribution is -2.38. The topological polar surface area (TPSA) is 28.0 Å². The van der Waals surface area contributed by atoms with Gasteiger partial charge < -0.3 is 4.90 Å². The van der Waals surface area contributed by atoms with Crippen molar-refractivity contribution in [3.05, 3.63) is 70.2 Å². The van der Waals surface area contributed by atoms with Crippen molar-refractivity contribution < 1.29 is 0 Å². The third-order valence-electron chi connectivity index (χ3n) is 3.53. The molecule has 0 aliphatic carbocycles. The van der Waals surface area contributed by atoms with Gasteiger partial charge in [0.05, 0.1) is 0 Å². The Kier molecular flexibility index (Phi) is 3.88. The van der Waals surface area contributed by atoms with Gasteiger partial charge in [-0.1, -0.05) is 58.4 Å². The van der Waals surface area contributed by atoms with Crippen LogP contribution in [0.4, 0.5) is 0 Å². The van der Waals surface area contributed by atoms with Crippen molar-refractivity contribution in [1.82, 2.24) is 4.90 Å². The lowest BCUT2D eigenvalue weighted by molar-refractivity contribution is 0.398. The van der Waals surface area contributed by atoms with Crippen molar-refractivity contribution >= 4 is 27.6 Å². The van der Waals surface area contributed by atoms with E-state index in [1.807, 2.05) is 49.5 Å². The quantitative estimate of drug-likeness (QED) is 0.813. The second-order valence-electron chi connectivity index (χ2n) is 5.01. The molecule has 1 aliphatic heterocycles. The molecular weight excluding hydrogens is 326 g/mol. The van der Waals surface area contributed by atoms with Crippen LogP contribution in [0.5, 0.6) is 0 Å². The van der Waals surface area contributed by atoms with E-state index in [1.165, 1.54) is 0 Å². The van der Waals surface area contributed by atoms with E-state index in [9.17, 15) is 0 Å². The average molecular weight is 342 g/mol. The van der Waals surface area contributed by atoms with Gasteiger partial charge in [-0.15, -0.1) is 0 Å². The van der Waals surface area contributed by atoms with E-state index in [-0.39, 0.29) is 6.17 Å². The highest BCUT2D eigenvalue weighted by Gasteiger charge is 2.21. The summed E-state index contributed by atoms with van der Waals surface area (Å²) in [5.74, 6) is 1.73. The zero-order valence-electron chi connectivity index (χ0n) is 12.0. The third-order valence-corrected chi connectivity index (χ3v) is 4.02. The smallest absolute Gasteiger partial charge is 0.159 e. The first-order valence-corrected chi connectivity index (χ1v) is 7.65. The second-order valence-corrected chi connectivity index (χ2v) is 5.92. The van der Waals surface area contributed by atoms with Gasteiger partial charge in [0.25, 0.3) is 0 Å². The number of aliphatic imine (C=N–C) groups is 2. The van der Waals surface area contributed by atoms with E-state index in [0.717, 1.165) is 27.3 Å². The van der Waals surface area contributed by atoms with Gasteiger partial charge in [-0.2, -0.15) is 0 Å². The Labute approximate surface area is 133 Å². The summed E-state index contributed by atoms with van der Waals surface area (Å²) in [4.78, 5) is 11.5. The lowest BCUT2D eigenvalue weighted by Gasteiger charge is -2.29. The third kappa shape index (κ3) is 2.90. The number of hydrogen-bond acceptors (Lipinski definition) is 3. The molecule has 21 heavy (non-hydrogen) atoms. The minimum atomic E-state index is 0.0617. The molecule has 0 saturated heterocycles. The number of benzene rings is 2. The molecule has 0 fully saturated rings. The van der Waals surface area contributed by atoms with E-state index in [0.29, 0.717) is 0 Å².